The summed E-state index contributed by atoms with van der Waals surface area (Å²) in [6.45, 7) is 8.90. The number of anilines is 2. The normalized spacial score (nSPS) is 14.5. The lowest BCUT2D eigenvalue weighted by atomic mass is 10.2. The van der Waals surface area contributed by atoms with Gasteiger partial charge in [0.25, 0.3) is 0 Å². The van der Waals surface area contributed by atoms with Crippen molar-refractivity contribution in [2.24, 2.45) is 5.92 Å². The molecule has 1 aromatic rings. The summed E-state index contributed by atoms with van der Waals surface area (Å²) >= 11 is 0. The van der Waals surface area contributed by atoms with E-state index in [2.05, 4.69) is 41.4 Å². The SMILES string of the molecule is CNc1nc(C2CC2)nc(NCCCOCC(C)C)c1C. The lowest BCUT2D eigenvalue weighted by Gasteiger charge is -2.14. The Labute approximate surface area is 127 Å². The first-order valence-corrected chi connectivity index (χ1v) is 7.99. The Kier molecular flexibility index (Phi) is 5.79. The molecule has 0 aliphatic heterocycles. The largest absolute Gasteiger partial charge is 0.381 e. The fourth-order valence-electron chi connectivity index (χ4n) is 2.17. The van der Waals surface area contributed by atoms with Crippen LogP contribution in [0.2, 0.25) is 0 Å². The average molecular weight is 292 g/mol. The van der Waals surface area contributed by atoms with Crippen molar-refractivity contribution >= 4 is 11.6 Å². The lowest BCUT2D eigenvalue weighted by Crippen LogP contribution is -2.12. The molecular formula is C16H28N4O. The second-order valence-electron chi connectivity index (χ2n) is 6.18. The molecule has 0 saturated heterocycles. The molecule has 21 heavy (non-hydrogen) atoms. The maximum absolute atomic E-state index is 5.60. The summed E-state index contributed by atoms with van der Waals surface area (Å²) in [5.74, 6) is 4.03. The second-order valence-corrected chi connectivity index (χ2v) is 6.18. The first-order chi connectivity index (χ1) is 10.1. The highest BCUT2D eigenvalue weighted by molar-refractivity contribution is 5.57. The predicted octanol–water partition coefficient (Wildman–Crippen LogP) is 3.18. The summed E-state index contributed by atoms with van der Waals surface area (Å²) in [5.41, 5.74) is 1.09. The van der Waals surface area contributed by atoms with Crippen LogP contribution in [-0.4, -0.2) is 36.8 Å². The van der Waals surface area contributed by atoms with Crippen LogP contribution in [0.15, 0.2) is 0 Å². The molecular weight excluding hydrogens is 264 g/mol. The maximum Gasteiger partial charge on any atom is 0.136 e. The van der Waals surface area contributed by atoms with Gasteiger partial charge in [-0.15, -0.1) is 0 Å². The van der Waals surface area contributed by atoms with Gasteiger partial charge in [0.2, 0.25) is 0 Å². The van der Waals surface area contributed by atoms with Crippen LogP contribution in [-0.2, 0) is 4.74 Å². The first kappa shape index (κ1) is 16.0. The summed E-state index contributed by atoms with van der Waals surface area (Å²) in [7, 11) is 1.91. The minimum Gasteiger partial charge on any atom is -0.381 e. The third-order valence-electron chi connectivity index (χ3n) is 3.55. The third-order valence-corrected chi connectivity index (χ3v) is 3.55. The maximum atomic E-state index is 5.60. The van der Waals surface area contributed by atoms with Gasteiger partial charge in [-0.2, -0.15) is 0 Å². The van der Waals surface area contributed by atoms with Gasteiger partial charge in [0.1, 0.15) is 17.5 Å². The van der Waals surface area contributed by atoms with Gasteiger partial charge in [-0.3, -0.25) is 0 Å². The summed E-state index contributed by atoms with van der Waals surface area (Å²) < 4.78 is 5.60. The highest BCUT2D eigenvalue weighted by Crippen LogP contribution is 2.39. The molecule has 1 aliphatic rings. The average Bonchev–Trinajstić information content (AvgIpc) is 3.28. The molecule has 0 amide bonds. The summed E-state index contributed by atoms with van der Waals surface area (Å²) in [6.07, 6.45) is 3.42. The number of ether oxygens (including phenoxy) is 1. The first-order valence-electron chi connectivity index (χ1n) is 7.99. The van der Waals surface area contributed by atoms with E-state index in [1.54, 1.807) is 0 Å². The Balaban J connectivity index is 1.85. The molecule has 5 heteroatoms. The number of rotatable bonds is 9. The molecule has 1 aliphatic carbocycles. The van der Waals surface area contributed by atoms with Crippen molar-refractivity contribution in [1.82, 2.24) is 9.97 Å². The second kappa shape index (κ2) is 7.59. The molecule has 0 spiro atoms. The topological polar surface area (TPSA) is 59.1 Å². The van der Waals surface area contributed by atoms with E-state index in [-0.39, 0.29) is 0 Å². The summed E-state index contributed by atoms with van der Waals surface area (Å²) in [5, 5.41) is 6.59. The monoisotopic (exact) mass is 292 g/mol. The summed E-state index contributed by atoms with van der Waals surface area (Å²) in [4.78, 5) is 9.29. The summed E-state index contributed by atoms with van der Waals surface area (Å²) in [6, 6.07) is 0. The number of aromatic nitrogens is 2. The fraction of sp³-hybridized carbons (Fsp3) is 0.750. The minimum atomic E-state index is 0.563. The molecule has 1 saturated carbocycles. The number of hydrogen-bond donors (Lipinski definition) is 2. The van der Waals surface area contributed by atoms with Crippen molar-refractivity contribution in [3.8, 4) is 0 Å². The van der Waals surface area contributed by atoms with Crippen molar-refractivity contribution in [3.05, 3.63) is 11.4 Å². The standard InChI is InChI=1S/C16H28N4O/c1-11(2)10-21-9-5-8-18-15-12(3)14(17-4)19-16(20-15)13-6-7-13/h11,13H,5-10H2,1-4H3,(H2,17,18,19,20). The smallest absolute Gasteiger partial charge is 0.136 e. The van der Waals surface area contributed by atoms with Gasteiger partial charge >= 0.3 is 0 Å². The molecule has 0 radical (unpaired) electrons. The predicted molar refractivity (Wildman–Crippen MR) is 87.1 cm³/mol. The van der Waals surface area contributed by atoms with Crippen LogP contribution in [0.5, 0.6) is 0 Å². The van der Waals surface area contributed by atoms with Crippen molar-refractivity contribution < 1.29 is 4.74 Å². The fourth-order valence-corrected chi connectivity index (χ4v) is 2.17. The Morgan fingerprint density at radius 1 is 1.24 bits per heavy atom. The van der Waals surface area contributed by atoms with Gasteiger partial charge < -0.3 is 15.4 Å². The van der Waals surface area contributed by atoms with Crippen LogP contribution in [0.4, 0.5) is 11.6 Å². The van der Waals surface area contributed by atoms with E-state index < -0.39 is 0 Å². The molecule has 1 aromatic heterocycles. The Bertz CT molecular complexity index is 458. The zero-order valence-electron chi connectivity index (χ0n) is 13.7. The molecule has 2 N–H and O–H groups in total. The zero-order valence-corrected chi connectivity index (χ0v) is 13.7. The van der Waals surface area contributed by atoms with Crippen molar-refractivity contribution in [1.29, 1.82) is 0 Å². The number of nitrogens with zero attached hydrogens (tertiary/aromatic N) is 2. The van der Waals surface area contributed by atoms with Crippen LogP contribution < -0.4 is 10.6 Å². The minimum absolute atomic E-state index is 0.563. The molecule has 118 valence electrons. The van der Waals surface area contributed by atoms with E-state index >= 15 is 0 Å². The lowest BCUT2D eigenvalue weighted by molar-refractivity contribution is 0.110. The number of nitrogens with one attached hydrogen (secondary N) is 2. The van der Waals surface area contributed by atoms with E-state index in [0.717, 1.165) is 49.2 Å². The Hall–Kier alpha value is -1.36. The van der Waals surface area contributed by atoms with Crippen LogP contribution in [0, 0.1) is 12.8 Å². The van der Waals surface area contributed by atoms with Crippen molar-refractivity contribution in [2.45, 2.75) is 46.0 Å². The van der Waals surface area contributed by atoms with E-state index in [4.69, 9.17) is 4.74 Å². The van der Waals surface area contributed by atoms with Crippen molar-refractivity contribution in [3.63, 3.8) is 0 Å². The molecule has 1 heterocycles. The highest BCUT2D eigenvalue weighted by Gasteiger charge is 2.28. The van der Waals surface area contributed by atoms with Gasteiger partial charge in [-0.1, -0.05) is 13.8 Å². The molecule has 0 unspecified atom stereocenters. The van der Waals surface area contributed by atoms with Gasteiger partial charge in [-0.05, 0) is 32.1 Å². The van der Waals surface area contributed by atoms with Gasteiger partial charge in [-0.25, -0.2) is 9.97 Å². The van der Waals surface area contributed by atoms with Gasteiger partial charge in [0, 0.05) is 38.3 Å². The molecule has 0 aromatic carbocycles. The van der Waals surface area contributed by atoms with E-state index in [0.29, 0.717) is 11.8 Å². The van der Waals surface area contributed by atoms with E-state index in [1.165, 1.54) is 12.8 Å². The molecule has 5 nitrogen and oxygen atoms in total. The highest BCUT2D eigenvalue weighted by atomic mass is 16.5. The van der Waals surface area contributed by atoms with Crippen LogP contribution in [0.25, 0.3) is 0 Å². The Morgan fingerprint density at radius 3 is 2.57 bits per heavy atom. The molecule has 2 rings (SSSR count). The van der Waals surface area contributed by atoms with Gasteiger partial charge in [0.15, 0.2) is 0 Å². The van der Waals surface area contributed by atoms with Gasteiger partial charge in [0.05, 0.1) is 0 Å². The third kappa shape index (κ3) is 4.84. The van der Waals surface area contributed by atoms with E-state index in [9.17, 15) is 0 Å². The zero-order chi connectivity index (χ0) is 15.2. The van der Waals surface area contributed by atoms with E-state index in [1.807, 2.05) is 7.05 Å². The quantitative estimate of drug-likeness (QED) is 0.685. The van der Waals surface area contributed by atoms with Crippen molar-refractivity contribution in [2.75, 3.05) is 37.4 Å². The van der Waals surface area contributed by atoms with Crippen LogP contribution in [0.3, 0.4) is 0 Å². The van der Waals surface area contributed by atoms with Crippen LogP contribution >= 0.6 is 0 Å². The number of hydrogen-bond acceptors (Lipinski definition) is 5. The van der Waals surface area contributed by atoms with Crippen LogP contribution in [0.1, 0.15) is 50.4 Å². The molecule has 0 atom stereocenters. The molecule has 0 bridgehead atoms. The Morgan fingerprint density at radius 2 is 1.95 bits per heavy atom. The molecule has 1 fully saturated rings.